The fourth-order valence-electron chi connectivity index (χ4n) is 1.99. The van der Waals surface area contributed by atoms with E-state index in [1.807, 2.05) is 12.1 Å². The van der Waals surface area contributed by atoms with Gasteiger partial charge in [-0.25, -0.2) is 5.43 Å². The average Bonchev–Trinajstić information content (AvgIpc) is 2.53. The lowest BCUT2D eigenvalue weighted by Gasteiger charge is -2.18. The largest absolute Gasteiger partial charge is 0.484 e. The monoisotopic (exact) mass is 344 g/mol. The topological polar surface area (TPSA) is 50.7 Å². The third-order valence-electron chi connectivity index (χ3n) is 3.35. The zero-order valence-electron chi connectivity index (χ0n) is 14.0. The molecule has 2 aromatic rings. The number of carbonyl (C=O) groups is 1. The van der Waals surface area contributed by atoms with Gasteiger partial charge in [0.2, 0.25) is 0 Å². The molecule has 2 aromatic carbocycles. The summed E-state index contributed by atoms with van der Waals surface area (Å²) >= 11 is 5.85. The standard InChI is InChI=1S/C19H21ClN2O2/c1-19(2,3)15-9-7-14(8-10-15)12-21-22-18(23)13-24-17-6-4-5-16(20)11-17/h4-12H,13H2,1-3H3,(H,22,23)/b21-12+. The second kappa shape index (κ2) is 7.97. The van der Waals surface area contributed by atoms with Crippen molar-refractivity contribution in [2.75, 3.05) is 6.61 Å². The lowest BCUT2D eigenvalue weighted by Crippen LogP contribution is -2.24. The summed E-state index contributed by atoms with van der Waals surface area (Å²) in [5.41, 5.74) is 4.71. The van der Waals surface area contributed by atoms with Crippen LogP contribution in [0.15, 0.2) is 53.6 Å². The van der Waals surface area contributed by atoms with Crippen molar-refractivity contribution in [2.45, 2.75) is 26.2 Å². The van der Waals surface area contributed by atoms with Crippen LogP contribution < -0.4 is 10.2 Å². The van der Waals surface area contributed by atoms with Crippen molar-refractivity contribution >= 4 is 23.7 Å². The van der Waals surface area contributed by atoms with E-state index in [-0.39, 0.29) is 17.9 Å². The summed E-state index contributed by atoms with van der Waals surface area (Å²) in [6.07, 6.45) is 1.60. The zero-order chi connectivity index (χ0) is 17.6. The molecule has 0 fully saturated rings. The smallest absolute Gasteiger partial charge is 0.277 e. The Morgan fingerprint density at radius 1 is 1.21 bits per heavy atom. The van der Waals surface area contributed by atoms with E-state index in [1.165, 1.54) is 5.56 Å². The summed E-state index contributed by atoms with van der Waals surface area (Å²) in [4.78, 5) is 11.7. The Hall–Kier alpha value is -2.33. The van der Waals surface area contributed by atoms with E-state index in [0.717, 1.165) is 5.56 Å². The van der Waals surface area contributed by atoms with Crippen LogP contribution in [0.25, 0.3) is 0 Å². The number of carbonyl (C=O) groups excluding carboxylic acids is 1. The molecule has 0 aromatic heterocycles. The van der Waals surface area contributed by atoms with Gasteiger partial charge in [-0.15, -0.1) is 0 Å². The molecule has 0 spiro atoms. The fourth-order valence-corrected chi connectivity index (χ4v) is 2.17. The maximum atomic E-state index is 11.7. The highest BCUT2D eigenvalue weighted by Gasteiger charge is 2.12. The second-order valence-corrected chi connectivity index (χ2v) is 6.85. The fraction of sp³-hybridized carbons (Fsp3) is 0.263. The number of hydrogen-bond acceptors (Lipinski definition) is 3. The van der Waals surface area contributed by atoms with E-state index < -0.39 is 0 Å². The Labute approximate surface area is 147 Å². The van der Waals surface area contributed by atoms with E-state index in [2.05, 4.69) is 43.4 Å². The summed E-state index contributed by atoms with van der Waals surface area (Å²) in [5.74, 6) is 0.205. The third kappa shape index (κ3) is 5.70. The Balaban J connectivity index is 1.81. The van der Waals surface area contributed by atoms with E-state index in [1.54, 1.807) is 30.5 Å². The van der Waals surface area contributed by atoms with Crippen LogP contribution in [0.4, 0.5) is 0 Å². The molecule has 0 aliphatic carbocycles. The SMILES string of the molecule is CC(C)(C)c1ccc(/C=N/NC(=O)COc2cccc(Cl)c2)cc1. The number of nitrogens with zero attached hydrogens (tertiary/aromatic N) is 1. The van der Waals surface area contributed by atoms with Crippen molar-refractivity contribution in [3.8, 4) is 5.75 Å². The minimum absolute atomic E-state index is 0.113. The number of rotatable bonds is 5. The molecule has 4 nitrogen and oxygen atoms in total. The molecule has 0 saturated heterocycles. The predicted molar refractivity (Wildman–Crippen MR) is 97.8 cm³/mol. The minimum atomic E-state index is -0.336. The van der Waals surface area contributed by atoms with Crippen LogP contribution in [0, 0.1) is 0 Å². The number of ether oxygens (including phenoxy) is 1. The predicted octanol–water partition coefficient (Wildman–Crippen LogP) is 4.17. The zero-order valence-corrected chi connectivity index (χ0v) is 14.8. The number of amides is 1. The van der Waals surface area contributed by atoms with Crippen molar-refractivity contribution in [1.82, 2.24) is 5.43 Å². The lowest BCUT2D eigenvalue weighted by molar-refractivity contribution is -0.123. The van der Waals surface area contributed by atoms with Gasteiger partial charge in [-0.1, -0.05) is 62.7 Å². The van der Waals surface area contributed by atoms with Crippen molar-refractivity contribution in [3.05, 3.63) is 64.7 Å². The van der Waals surface area contributed by atoms with Gasteiger partial charge in [0.05, 0.1) is 6.21 Å². The molecular weight excluding hydrogens is 324 g/mol. The molecule has 0 radical (unpaired) electrons. The van der Waals surface area contributed by atoms with Gasteiger partial charge in [-0.05, 0) is 34.7 Å². The van der Waals surface area contributed by atoms with Gasteiger partial charge in [-0.2, -0.15) is 5.10 Å². The molecule has 24 heavy (non-hydrogen) atoms. The Morgan fingerprint density at radius 2 is 1.92 bits per heavy atom. The van der Waals surface area contributed by atoms with Crippen molar-refractivity contribution in [1.29, 1.82) is 0 Å². The van der Waals surface area contributed by atoms with Crippen LogP contribution in [-0.2, 0) is 10.2 Å². The first-order valence-corrected chi connectivity index (χ1v) is 8.03. The van der Waals surface area contributed by atoms with Gasteiger partial charge in [0, 0.05) is 5.02 Å². The molecule has 126 valence electrons. The summed E-state index contributed by atoms with van der Waals surface area (Å²) in [7, 11) is 0. The summed E-state index contributed by atoms with van der Waals surface area (Å²) in [6.45, 7) is 6.36. The first-order chi connectivity index (χ1) is 11.3. The molecule has 5 heteroatoms. The molecular formula is C19H21ClN2O2. The molecule has 0 aliphatic rings. The van der Waals surface area contributed by atoms with Crippen LogP contribution in [0.2, 0.25) is 5.02 Å². The normalized spacial score (nSPS) is 11.5. The molecule has 0 saturated carbocycles. The Kier molecular flexibility index (Phi) is 5.99. The van der Waals surface area contributed by atoms with Crippen LogP contribution in [0.3, 0.4) is 0 Å². The first-order valence-electron chi connectivity index (χ1n) is 7.65. The Bertz CT molecular complexity index is 719. The van der Waals surface area contributed by atoms with Crippen molar-refractivity contribution in [2.24, 2.45) is 5.10 Å². The van der Waals surface area contributed by atoms with Gasteiger partial charge >= 0.3 is 0 Å². The van der Waals surface area contributed by atoms with Crippen molar-refractivity contribution in [3.63, 3.8) is 0 Å². The molecule has 0 aliphatic heterocycles. The van der Waals surface area contributed by atoms with E-state index in [4.69, 9.17) is 16.3 Å². The molecule has 0 unspecified atom stereocenters. The maximum Gasteiger partial charge on any atom is 0.277 e. The van der Waals surface area contributed by atoms with E-state index in [9.17, 15) is 4.79 Å². The highest BCUT2D eigenvalue weighted by atomic mass is 35.5. The first kappa shape index (κ1) is 18.0. The lowest BCUT2D eigenvalue weighted by atomic mass is 9.87. The highest BCUT2D eigenvalue weighted by Crippen LogP contribution is 2.21. The average molecular weight is 345 g/mol. The second-order valence-electron chi connectivity index (χ2n) is 6.41. The van der Waals surface area contributed by atoms with Crippen LogP contribution >= 0.6 is 11.6 Å². The maximum absolute atomic E-state index is 11.7. The van der Waals surface area contributed by atoms with Crippen molar-refractivity contribution < 1.29 is 9.53 Å². The molecule has 0 heterocycles. The highest BCUT2D eigenvalue weighted by molar-refractivity contribution is 6.30. The van der Waals surface area contributed by atoms with Gasteiger partial charge in [0.1, 0.15) is 5.75 Å². The minimum Gasteiger partial charge on any atom is -0.484 e. The number of halogens is 1. The molecule has 1 N–H and O–H groups in total. The van der Waals surface area contributed by atoms with E-state index >= 15 is 0 Å². The third-order valence-corrected chi connectivity index (χ3v) is 3.58. The number of hydrazone groups is 1. The molecule has 0 bridgehead atoms. The summed E-state index contributed by atoms with van der Waals surface area (Å²) in [5, 5.41) is 4.49. The molecule has 1 amide bonds. The Morgan fingerprint density at radius 3 is 2.54 bits per heavy atom. The van der Waals surface area contributed by atoms with Gasteiger partial charge in [0.15, 0.2) is 6.61 Å². The van der Waals surface area contributed by atoms with Crippen LogP contribution in [0.1, 0.15) is 31.9 Å². The summed E-state index contributed by atoms with van der Waals surface area (Å²) in [6, 6.07) is 14.9. The van der Waals surface area contributed by atoms with Crippen LogP contribution in [-0.4, -0.2) is 18.7 Å². The summed E-state index contributed by atoms with van der Waals surface area (Å²) < 4.78 is 5.33. The van der Waals surface area contributed by atoms with Gasteiger partial charge in [-0.3, -0.25) is 4.79 Å². The van der Waals surface area contributed by atoms with E-state index in [0.29, 0.717) is 10.8 Å². The van der Waals surface area contributed by atoms with Crippen LogP contribution in [0.5, 0.6) is 5.75 Å². The number of hydrogen-bond donors (Lipinski definition) is 1. The number of nitrogens with one attached hydrogen (secondary N) is 1. The quantitative estimate of drug-likeness (QED) is 0.653. The molecule has 0 atom stereocenters. The number of benzene rings is 2. The van der Waals surface area contributed by atoms with Gasteiger partial charge < -0.3 is 4.74 Å². The van der Waals surface area contributed by atoms with Gasteiger partial charge in [0.25, 0.3) is 5.91 Å². The molecule has 2 rings (SSSR count).